The third-order valence-electron chi connectivity index (χ3n) is 6.52. The van der Waals surface area contributed by atoms with E-state index >= 15 is 0 Å². The molecule has 4 aliphatic carbocycles. The van der Waals surface area contributed by atoms with Crippen LogP contribution in [-0.4, -0.2) is 44.6 Å². The van der Waals surface area contributed by atoms with Gasteiger partial charge in [0.1, 0.15) is 0 Å². The van der Waals surface area contributed by atoms with Crippen molar-refractivity contribution < 1.29 is 30.0 Å². The number of aliphatic hydroxyl groups excluding tert-OH is 2. The lowest BCUT2D eigenvalue weighted by Gasteiger charge is -2.14. The predicted molar refractivity (Wildman–Crippen MR) is 96.7 cm³/mol. The zero-order valence-corrected chi connectivity index (χ0v) is 14.8. The molecule has 0 spiro atoms. The first kappa shape index (κ1) is 20.2. The summed E-state index contributed by atoms with van der Waals surface area (Å²) in [5.41, 5.74) is 0. The summed E-state index contributed by atoms with van der Waals surface area (Å²) in [4.78, 5) is 23.2. The maximum atomic E-state index is 11.6. The van der Waals surface area contributed by atoms with Crippen LogP contribution in [0, 0.1) is 109 Å². The molecule has 0 amide bonds. The Labute approximate surface area is 163 Å². The molecule has 0 aromatic carbocycles. The number of carbonyl (C=O) groups is 2. The summed E-state index contributed by atoms with van der Waals surface area (Å²) in [5, 5.41) is 35.9. The van der Waals surface area contributed by atoms with Crippen molar-refractivity contribution in [2.45, 2.75) is 12.6 Å². The maximum Gasteiger partial charge on any atom is 0.155 e. The van der Waals surface area contributed by atoms with Crippen molar-refractivity contribution in [3.05, 3.63) is 0 Å². The second-order valence-corrected chi connectivity index (χ2v) is 7.67. The SMILES string of the molecule is C#CC1C(=O)C2C(C(O)O)C2C1C#C.C#CC1C(=O)C2C(C(O)O)C2C1C#C. The predicted octanol–water partition coefficient (Wildman–Crippen LogP) is -1.52. The minimum atomic E-state index is -1.46. The van der Waals surface area contributed by atoms with Crippen LogP contribution in [0.1, 0.15) is 0 Å². The van der Waals surface area contributed by atoms with Crippen LogP contribution < -0.4 is 0 Å². The molecule has 0 aromatic heterocycles. The smallest absolute Gasteiger partial charge is 0.155 e. The molecule has 6 nitrogen and oxygen atoms in total. The molecule has 4 aliphatic rings. The molecule has 0 aromatic rings. The molecule has 10 unspecified atom stereocenters. The molecule has 0 bridgehead atoms. The van der Waals surface area contributed by atoms with E-state index in [1.807, 2.05) is 0 Å². The fourth-order valence-electron chi connectivity index (χ4n) is 5.17. The molecular formula is C22H20O6. The number of fused-ring (bicyclic) bond motifs is 2. The van der Waals surface area contributed by atoms with Gasteiger partial charge in [-0.25, -0.2) is 0 Å². The summed E-state index contributed by atoms with van der Waals surface area (Å²) in [7, 11) is 0. The van der Waals surface area contributed by atoms with E-state index in [2.05, 4.69) is 23.7 Å². The molecule has 6 heteroatoms. The van der Waals surface area contributed by atoms with E-state index in [0.29, 0.717) is 0 Å². The monoisotopic (exact) mass is 380 g/mol. The van der Waals surface area contributed by atoms with Gasteiger partial charge in [0.25, 0.3) is 0 Å². The van der Waals surface area contributed by atoms with Crippen molar-refractivity contribution in [3.63, 3.8) is 0 Å². The Morgan fingerprint density at radius 2 is 0.964 bits per heavy atom. The fourth-order valence-corrected chi connectivity index (χ4v) is 5.17. The summed E-state index contributed by atoms with van der Waals surface area (Å²) >= 11 is 0. The fraction of sp³-hybridized carbons (Fsp3) is 0.545. The van der Waals surface area contributed by atoms with Crippen LogP contribution in [0.3, 0.4) is 0 Å². The molecule has 0 radical (unpaired) electrons. The van der Waals surface area contributed by atoms with Gasteiger partial charge in [-0.05, 0) is 11.8 Å². The van der Waals surface area contributed by atoms with Crippen LogP contribution in [0.25, 0.3) is 0 Å². The molecular weight excluding hydrogens is 360 g/mol. The quantitative estimate of drug-likeness (QED) is 0.342. The minimum Gasteiger partial charge on any atom is -0.368 e. The lowest BCUT2D eigenvalue weighted by molar-refractivity contribution is -0.125. The van der Waals surface area contributed by atoms with Crippen molar-refractivity contribution in [2.75, 3.05) is 0 Å². The summed E-state index contributed by atoms with van der Waals surface area (Å²) in [5.74, 6) is 6.19. The Morgan fingerprint density at radius 1 is 0.643 bits per heavy atom. The van der Waals surface area contributed by atoms with Crippen molar-refractivity contribution >= 4 is 11.6 Å². The van der Waals surface area contributed by atoms with Gasteiger partial charge in [-0.15, -0.1) is 37.5 Å². The molecule has 0 aliphatic heterocycles. The van der Waals surface area contributed by atoms with Gasteiger partial charge in [0.15, 0.2) is 24.1 Å². The summed E-state index contributed by atoms with van der Waals surface area (Å²) in [6, 6.07) is 0. The van der Waals surface area contributed by atoms with Gasteiger partial charge in [-0.1, -0.05) is 11.8 Å². The Hall–Kier alpha value is -2.58. The second kappa shape index (κ2) is 7.10. The van der Waals surface area contributed by atoms with E-state index < -0.39 is 36.3 Å². The average molecular weight is 380 g/mol. The average Bonchev–Trinajstić information content (AvgIpc) is 3.52. The first-order valence-electron chi connectivity index (χ1n) is 8.91. The number of aliphatic hydroxyl groups is 4. The van der Waals surface area contributed by atoms with E-state index in [0.717, 1.165) is 0 Å². The molecule has 4 N–H and O–H groups in total. The number of Topliss-reactive ketones (excluding diaryl/α,β-unsaturated/α-hetero) is 2. The van der Waals surface area contributed by atoms with E-state index in [1.165, 1.54) is 0 Å². The molecule has 4 rings (SSSR count). The van der Waals surface area contributed by atoms with Gasteiger partial charge >= 0.3 is 0 Å². The molecule has 4 fully saturated rings. The molecule has 4 saturated carbocycles. The highest BCUT2D eigenvalue weighted by Crippen LogP contribution is 2.62. The van der Waals surface area contributed by atoms with Crippen molar-refractivity contribution in [1.29, 1.82) is 0 Å². The Bertz CT molecular complexity index is 787. The van der Waals surface area contributed by atoms with Crippen molar-refractivity contribution in [1.82, 2.24) is 0 Å². The third kappa shape index (κ3) is 2.75. The number of hydrogen-bond donors (Lipinski definition) is 4. The topological polar surface area (TPSA) is 115 Å². The van der Waals surface area contributed by atoms with E-state index in [4.69, 9.17) is 46.1 Å². The van der Waals surface area contributed by atoms with Crippen molar-refractivity contribution in [2.24, 2.45) is 59.2 Å². The van der Waals surface area contributed by atoms with Gasteiger partial charge in [0, 0.05) is 35.5 Å². The Kier molecular flexibility index (Phi) is 5.12. The highest BCUT2D eigenvalue weighted by atomic mass is 16.5. The summed E-state index contributed by atoms with van der Waals surface area (Å²) in [6.07, 6.45) is 18.1. The lowest BCUT2D eigenvalue weighted by atomic mass is 9.89. The second-order valence-electron chi connectivity index (χ2n) is 7.67. The van der Waals surface area contributed by atoms with Crippen LogP contribution in [-0.2, 0) is 9.59 Å². The molecule has 10 atom stereocenters. The number of rotatable bonds is 2. The van der Waals surface area contributed by atoms with E-state index in [-0.39, 0.29) is 47.1 Å². The Balaban J connectivity index is 0.000000161. The zero-order chi connectivity index (χ0) is 20.9. The first-order valence-corrected chi connectivity index (χ1v) is 8.91. The molecule has 28 heavy (non-hydrogen) atoms. The van der Waals surface area contributed by atoms with E-state index in [1.54, 1.807) is 0 Å². The third-order valence-corrected chi connectivity index (χ3v) is 6.52. The number of hydrogen-bond acceptors (Lipinski definition) is 6. The largest absolute Gasteiger partial charge is 0.368 e. The molecule has 144 valence electrons. The standard InChI is InChI=1S/2C11H10O3/c2*1-3-5-6(4-2)10(12)8-7(5)9(8)11(13)14/h2*1-2,5-9,11,13-14H. The number of ketones is 2. The Morgan fingerprint density at radius 3 is 1.18 bits per heavy atom. The van der Waals surface area contributed by atoms with Crippen LogP contribution >= 0.6 is 0 Å². The zero-order valence-electron chi connectivity index (χ0n) is 14.8. The normalized spacial score (nSPS) is 44.4. The van der Waals surface area contributed by atoms with Gasteiger partial charge in [0.05, 0.1) is 11.8 Å². The minimum absolute atomic E-state index is 0.0986. The highest BCUT2D eigenvalue weighted by molar-refractivity contribution is 5.93. The number of carbonyl (C=O) groups excluding carboxylic acids is 2. The van der Waals surface area contributed by atoms with Crippen LogP contribution in [0.2, 0.25) is 0 Å². The van der Waals surface area contributed by atoms with Gasteiger partial charge in [-0.3, -0.25) is 9.59 Å². The summed E-state index contributed by atoms with van der Waals surface area (Å²) < 4.78 is 0. The maximum absolute atomic E-state index is 11.6. The van der Waals surface area contributed by atoms with Gasteiger partial charge < -0.3 is 20.4 Å². The van der Waals surface area contributed by atoms with E-state index in [9.17, 15) is 9.59 Å². The number of terminal acetylenes is 4. The van der Waals surface area contributed by atoms with Crippen LogP contribution in [0.15, 0.2) is 0 Å². The highest BCUT2D eigenvalue weighted by Gasteiger charge is 2.69. The van der Waals surface area contributed by atoms with Crippen LogP contribution in [0.5, 0.6) is 0 Å². The van der Waals surface area contributed by atoms with Crippen LogP contribution in [0.4, 0.5) is 0 Å². The van der Waals surface area contributed by atoms with Gasteiger partial charge in [-0.2, -0.15) is 0 Å². The van der Waals surface area contributed by atoms with Gasteiger partial charge in [0.2, 0.25) is 0 Å². The lowest BCUT2D eigenvalue weighted by Crippen LogP contribution is -2.24. The molecule has 0 heterocycles. The summed E-state index contributed by atoms with van der Waals surface area (Å²) in [6.45, 7) is 0. The molecule has 0 saturated heterocycles. The first-order chi connectivity index (χ1) is 13.3. The van der Waals surface area contributed by atoms with Crippen molar-refractivity contribution in [3.8, 4) is 49.4 Å².